The first-order chi connectivity index (χ1) is 11.7. The number of urea groups is 1. The van der Waals surface area contributed by atoms with Crippen molar-refractivity contribution in [2.45, 2.75) is 25.4 Å². The van der Waals surface area contributed by atoms with Gasteiger partial charge in [-0.05, 0) is 37.5 Å². The van der Waals surface area contributed by atoms with Crippen LogP contribution in [0, 0.1) is 0 Å². The second-order valence-corrected chi connectivity index (χ2v) is 6.26. The van der Waals surface area contributed by atoms with Crippen LogP contribution in [0.2, 0.25) is 10.0 Å². The van der Waals surface area contributed by atoms with Gasteiger partial charge in [0.05, 0.1) is 10.7 Å². The van der Waals surface area contributed by atoms with Gasteiger partial charge in [0.25, 0.3) is 0 Å². The number of fused-ring (bicyclic) bond motifs is 1. The van der Waals surface area contributed by atoms with E-state index in [-0.39, 0.29) is 33.4 Å². The number of alkyl halides is 3. The maximum Gasteiger partial charge on any atom is 0.433 e. The molecule has 0 radical (unpaired) electrons. The van der Waals surface area contributed by atoms with E-state index in [2.05, 4.69) is 9.97 Å². The zero-order chi connectivity index (χ0) is 18.4. The lowest BCUT2D eigenvalue weighted by molar-refractivity contribution is -0.141. The van der Waals surface area contributed by atoms with Gasteiger partial charge in [0.1, 0.15) is 0 Å². The van der Waals surface area contributed by atoms with Gasteiger partial charge in [-0.1, -0.05) is 23.2 Å². The molecule has 1 aliphatic rings. The molecular weight excluding hydrogens is 380 g/mol. The van der Waals surface area contributed by atoms with Crippen molar-refractivity contribution in [2.75, 3.05) is 4.90 Å². The number of hydrogen-bond acceptors (Lipinski definition) is 3. The molecule has 2 N–H and O–H groups in total. The number of carbonyl (C=O) groups excluding carboxylic acids is 1. The van der Waals surface area contributed by atoms with Crippen molar-refractivity contribution in [1.29, 1.82) is 0 Å². The molecule has 1 aromatic carbocycles. The Bertz CT molecular complexity index is 857. The third kappa shape index (κ3) is 3.36. The first-order valence-electron chi connectivity index (χ1n) is 7.20. The molecule has 2 aromatic rings. The maximum atomic E-state index is 13.4. The van der Waals surface area contributed by atoms with Crippen molar-refractivity contribution in [3.05, 3.63) is 45.2 Å². The second kappa shape index (κ2) is 6.34. The van der Waals surface area contributed by atoms with Gasteiger partial charge in [0.15, 0.2) is 5.69 Å². The molecule has 0 bridgehead atoms. The Morgan fingerprint density at radius 2 is 1.92 bits per heavy atom. The fraction of sp³-hybridized carbons (Fsp3) is 0.267. The lowest BCUT2D eigenvalue weighted by Crippen LogP contribution is -2.34. The number of carbonyl (C=O) groups is 1. The minimum Gasteiger partial charge on any atom is -0.351 e. The van der Waals surface area contributed by atoms with Crippen LogP contribution in [0.1, 0.15) is 23.4 Å². The summed E-state index contributed by atoms with van der Waals surface area (Å²) in [6, 6.07) is 3.10. The van der Waals surface area contributed by atoms with Crippen LogP contribution in [0.4, 0.5) is 29.6 Å². The molecule has 0 saturated heterocycles. The van der Waals surface area contributed by atoms with Crippen molar-refractivity contribution in [2.24, 2.45) is 5.73 Å². The van der Waals surface area contributed by atoms with E-state index in [0.717, 1.165) is 4.90 Å². The Labute approximate surface area is 150 Å². The Balaban J connectivity index is 2.22. The highest BCUT2D eigenvalue weighted by Gasteiger charge is 2.39. The van der Waals surface area contributed by atoms with E-state index in [9.17, 15) is 18.0 Å². The van der Waals surface area contributed by atoms with Gasteiger partial charge >= 0.3 is 12.2 Å². The minimum absolute atomic E-state index is 0.00716. The fourth-order valence-corrected chi connectivity index (χ4v) is 3.10. The molecule has 0 saturated carbocycles. The summed E-state index contributed by atoms with van der Waals surface area (Å²) in [4.78, 5) is 20.3. The molecule has 25 heavy (non-hydrogen) atoms. The predicted octanol–water partition coefficient (Wildman–Crippen LogP) is 4.51. The van der Waals surface area contributed by atoms with Crippen LogP contribution in [-0.4, -0.2) is 16.0 Å². The second-order valence-electron chi connectivity index (χ2n) is 5.42. The molecule has 132 valence electrons. The molecule has 0 spiro atoms. The third-order valence-corrected chi connectivity index (χ3v) is 4.31. The van der Waals surface area contributed by atoms with Gasteiger partial charge < -0.3 is 5.73 Å². The number of nitrogens with zero attached hydrogens (tertiary/aromatic N) is 3. The van der Waals surface area contributed by atoms with Crippen LogP contribution < -0.4 is 10.6 Å². The number of benzene rings is 1. The average molecular weight is 391 g/mol. The average Bonchev–Trinajstić information content (AvgIpc) is 2.97. The van der Waals surface area contributed by atoms with Crippen LogP contribution in [0.15, 0.2) is 18.2 Å². The number of amides is 2. The minimum atomic E-state index is -4.67. The number of nitrogens with two attached hydrogens (primary N) is 1. The zero-order valence-corrected chi connectivity index (χ0v) is 14.1. The summed E-state index contributed by atoms with van der Waals surface area (Å²) in [5.41, 5.74) is 4.60. The Morgan fingerprint density at radius 3 is 2.56 bits per heavy atom. The summed E-state index contributed by atoms with van der Waals surface area (Å²) in [5, 5.41) is 0.295. The summed E-state index contributed by atoms with van der Waals surface area (Å²) in [6.45, 7) is 0. The third-order valence-electron chi connectivity index (χ3n) is 3.76. The molecule has 3 rings (SSSR count). The summed E-state index contributed by atoms with van der Waals surface area (Å²) in [5.74, 6) is -0.482. The Morgan fingerprint density at radius 1 is 1.20 bits per heavy atom. The quantitative estimate of drug-likeness (QED) is 0.819. The van der Waals surface area contributed by atoms with E-state index in [0.29, 0.717) is 12.8 Å². The van der Waals surface area contributed by atoms with E-state index < -0.39 is 23.8 Å². The van der Waals surface area contributed by atoms with E-state index in [4.69, 9.17) is 28.9 Å². The molecular formula is C15H11Cl2F3N4O. The first kappa shape index (κ1) is 17.8. The number of primary amides is 1. The van der Waals surface area contributed by atoms with Crippen molar-refractivity contribution in [3.8, 4) is 0 Å². The van der Waals surface area contributed by atoms with E-state index in [1.54, 1.807) is 0 Å². The largest absolute Gasteiger partial charge is 0.433 e. The van der Waals surface area contributed by atoms with Gasteiger partial charge in [-0.25, -0.2) is 19.7 Å². The molecule has 10 heteroatoms. The van der Waals surface area contributed by atoms with E-state index >= 15 is 0 Å². The highest BCUT2D eigenvalue weighted by atomic mass is 35.5. The monoisotopic (exact) mass is 390 g/mol. The van der Waals surface area contributed by atoms with Crippen molar-refractivity contribution in [3.63, 3.8) is 0 Å². The highest BCUT2D eigenvalue weighted by Crippen LogP contribution is 2.38. The standard InChI is InChI=1S/C15H11Cl2F3N4O/c16-7-4-5-9(17)11(6-7)24(13(21)25)14-22-10-3-1-2-8(10)12(23-14)15(18,19)20/h4-6H,1-3H2,(H2,21,25). The number of hydrogen-bond donors (Lipinski definition) is 1. The van der Waals surface area contributed by atoms with E-state index in [1.807, 2.05) is 0 Å². The molecule has 0 fully saturated rings. The summed E-state index contributed by atoms with van der Waals surface area (Å²) < 4.78 is 40.1. The van der Waals surface area contributed by atoms with Crippen LogP contribution in [0.5, 0.6) is 0 Å². The molecule has 1 heterocycles. The van der Waals surface area contributed by atoms with Gasteiger partial charge in [-0.3, -0.25) is 0 Å². The summed E-state index contributed by atoms with van der Waals surface area (Å²) in [6.07, 6.45) is -3.54. The van der Waals surface area contributed by atoms with Crippen molar-refractivity contribution >= 4 is 40.9 Å². The number of aromatic nitrogens is 2. The smallest absolute Gasteiger partial charge is 0.351 e. The lowest BCUT2D eigenvalue weighted by atomic mass is 10.1. The van der Waals surface area contributed by atoms with Crippen molar-refractivity contribution in [1.82, 2.24) is 9.97 Å². The Kier molecular flexibility index (Phi) is 4.51. The molecule has 1 aliphatic carbocycles. The number of aryl methyl sites for hydroxylation is 1. The normalized spacial score (nSPS) is 13.6. The lowest BCUT2D eigenvalue weighted by Gasteiger charge is -2.22. The van der Waals surface area contributed by atoms with Crippen LogP contribution >= 0.6 is 23.2 Å². The molecule has 0 aliphatic heterocycles. The first-order valence-corrected chi connectivity index (χ1v) is 7.95. The molecule has 5 nitrogen and oxygen atoms in total. The maximum absolute atomic E-state index is 13.4. The van der Waals surface area contributed by atoms with Gasteiger partial charge in [0.2, 0.25) is 5.95 Å². The Hall–Kier alpha value is -2.06. The van der Waals surface area contributed by atoms with Gasteiger partial charge in [-0.2, -0.15) is 13.2 Å². The number of halogens is 5. The molecule has 2 amide bonds. The van der Waals surface area contributed by atoms with E-state index in [1.165, 1.54) is 18.2 Å². The zero-order valence-electron chi connectivity index (χ0n) is 12.6. The molecule has 1 aromatic heterocycles. The molecule has 0 atom stereocenters. The topological polar surface area (TPSA) is 72.1 Å². The number of anilines is 2. The van der Waals surface area contributed by atoms with Crippen LogP contribution in [0.3, 0.4) is 0 Å². The SMILES string of the molecule is NC(=O)N(c1nc2c(c(C(F)(F)F)n1)CCC2)c1cc(Cl)ccc1Cl. The summed E-state index contributed by atoms with van der Waals surface area (Å²) >= 11 is 11.9. The molecule has 0 unspecified atom stereocenters. The number of rotatable bonds is 2. The summed E-state index contributed by atoms with van der Waals surface area (Å²) in [7, 11) is 0. The van der Waals surface area contributed by atoms with Crippen molar-refractivity contribution < 1.29 is 18.0 Å². The predicted molar refractivity (Wildman–Crippen MR) is 87.2 cm³/mol. The van der Waals surface area contributed by atoms with Gasteiger partial charge in [-0.15, -0.1) is 0 Å². The van der Waals surface area contributed by atoms with Crippen LogP contribution in [-0.2, 0) is 19.0 Å². The van der Waals surface area contributed by atoms with Gasteiger partial charge in [0, 0.05) is 16.3 Å². The van der Waals surface area contributed by atoms with Crippen LogP contribution in [0.25, 0.3) is 0 Å². The fourth-order valence-electron chi connectivity index (χ4n) is 2.74. The highest BCUT2D eigenvalue weighted by molar-refractivity contribution is 6.36.